The molecule has 1 saturated heterocycles. The molecule has 2 fully saturated rings. The first-order valence-electron chi connectivity index (χ1n) is 13.0. The van der Waals surface area contributed by atoms with Crippen LogP contribution in [0.25, 0.3) is 0 Å². The first-order valence-corrected chi connectivity index (χ1v) is 13.0. The highest BCUT2D eigenvalue weighted by atomic mass is 19.4. The lowest BCUT2D eigenvalue weighted by atomic mass is 9.67. The summed E-state index contributed by atoms with van der Waals surface area (Å²) in [5.41, 5.74) is -2.43. The van der Waals surface area contributed by atoms with Gasteiger partial charge in [-0.3, -0.25) is 9.59 Å². The minimum atomic E-state index is -4.59. The normalized spacial score (nSPS) is 27.2. The number of aliphatic hydroxyl groups is 1. The number of hydrogen-bond acceptors (Lipinski definition) is 5. The van der Waals surface area contributed by atoms with Crippen LogP contribution >= 0.6 is 0 Å². The molecule has 2 amide bonds. The third-order valence-electron chi connectivity index (χ3n) is 7.85. The minimum absolute atomic E-state index is 0.0621. The number of carbonyl (C=O) groups excluding carboxylic acids is 2. The van der Waals surface area contributed by atoms with E-state index >= 15 is 0 Å². The van der Waals surface area contributed by atoms with Crippen molar-refractivity contribution in [1.82, 2.24) is 16.0 Å². The Labute approximate surface area is 224 Å². The van der Waals surface area contributed by atoms with Gasteiger partial charge in [-0.15, -0.1) is 0 Å². The van der Waals surface area contributed by atoms with Gasteiger partial charge in [0.2, 0.25) is 5.91 Å². The van der Waals surface area contributed by atoms with Crippen LogP contribution < -0.4 is 16.0 Å². The van der Waals surface area contributed by atoms with Crippen LogP contribution in [0.1, 0.15) is 54.1 Å². The molecule has 2 aromatic carbocycles. The molecule has 0 aromatic heterocycles. The number of carbonyl (C=O) groups is 2. The zero-order chi connectivity index (χ0) is 28.3. The minimum Gasteiger partial charge on any atom is -0.385 e. The largest absolute Gasteiger partial charge is 0.416 e. The van der Waals surface area contributed by atoms with Crippen LogP contribution in [0.2, 0.25) is 0 Å². The highest BCUT2D eigenvalue weighted by Gasteiger charge is 2.52. The Kier molecular flexibility index (Phi) is 8.63. The fraction of sp³-hybridized carbons (Fsp3) is 0.500. The van der Waals surface area contributed by atoms with E-state index in [9.17, 15) is 32.3 Å². The highest BCUT2D eigenvalue weighted by molar-refractivity contribution is 5.96. The number of alkyl halides is 3. The van der Waals surface area contributed by atoms with Gasteiger partial charge >= 0.3 is 6.18 Å². The van der Waals surface area contributed by atoms with Crippen LogP contribution in [-0.4, -0.2) is 54.8 Å². The van der Waals surface area contributed by atoms with Gasteiger partial charge in [0.25, 0.3) is 5.91 Å². The maximum absolute atomic E-state index is 13.4. The average Bonchev–Trinajstić information content (AvgIpc) is 3.30. The summed E-state index contributed by atoms with van der Waals surface area (Å²) in [5, 5.41) is 20.0. The van der Waals surface area contributed by atoms with Gasteiger partial charge in [-0.2, -0.15) is 13.2 Å². The van der Waals surface area contributed by atoms with Gasteiger partial charge in [0.1, 0.15) is 5.82 Å². The van der Waals surface area contributed by atoms with Crippen molar-refractivity contribution in [3.05, 3.63) is 71.0 Å². The quantitative estimate of drug-likeness (QED) is 0.377. The van der Waals surface area contributed by atoms with Crippen LogP contribution in [-0.2, 0) is 21.3 Å². The second-order valence-electron chi connectivity index (χ2n) is 10.2. The summed E-state index contributed by atoms with van der Waals surface area (Å²) in [6.07, 6.45) is -3.00. The maximum atomic E-state index is 13.4. The molecule has 7 nitrogen and oxygen atoms in total. The van der Waals surface area contributed by atoms with Crippen LogP contribution in [0.3, 0.4) is 0 Å². The Balaban J connectivity index is 1.44. The zero-order valence-electron chi connectivity index (χ0n) is 21.6. The van der Waals surface area contributed by atoms with Crippen molar-refractivity contribution < 1.29 is 37.0 Å². The number of amides is 2. The Morgan fingerprint density at radius 3 is 2.46 bits per heavy atom. The molecular weight excluding hydrogens is 518 g/mol. The first-order chi connectivity index (χ1) is 18.5. The van der Waals surface area contributed by atoms with Crippen molar-refractivity contribution in [3.63, 3.8) is 0 Å². The van der Waals surface area contributed by atoms with Crippen LogP contribution in [0, 0.1) is 11.7 Å². The summed E-state index contributed by atoms with van der Waals surface area (Å²) in [4.78, 5) is 25.6. The Hall–Kier alpha value is -3.02. The van der Waals surface area contributed by atoms with Crippen molar-refractivity contribution in [2.75, 3.05) is 26.2 Å². The van der Waals surface area contributed by atoms with E-state index in [1.807, 2.05) is 6.92 Å². The molecule has 0 unspecified atom stereocenters. The molecular formula is C28H33F4N3O4. The molecule has 1 saturated carbocycles. The van der Waals surface area contributed by atoms with Crippen molar-refractivity contribution in [1.29, 1.82) is 0 Å². The van der Waals surface area contributed by atoms with Gasteiger partial charge in [0, 0.05) is 25.3 Å². The molecule has 212 valence electrons. The third-order valence-corrected chi connectivity index (χ3v) is 7.85. The highest BCUT2D eigenvalue weighted by Crippen LogP contribution is 2.45. The molecule has 11 heteroatoms. The lowest BCUT2D eigenvalue weighted by Gasteiger charge is -2.47. The second kappa shape index (κ2) is 11.6. The zero-order valence-corrected chi connectivity index (χ0v) is 21.6. The molecule has 1 aliphatic carbocycles. The van der Waals surface area contributed by atoms with Gasteiger partial charge in [-0.25, -0.2) is 4.39 Å². The Morgan fingerprint density at radius 2 is 1.82 bits per heavy atom. The fourth-order valence-electron chi connectivity index (χ4n) is 5.81. The van der Waals surface area contributed by atoms with Gasteiger partial charge in [-0.05, 0) is 74.4 Å². The topological polar surface area (TPSA) is 99.7 Å². The number of halogens is 4. The predicted octanol–water partition coefficient (Wildman–Crippen LogP) is 3.52. The monoisotopic (exact) mass is 551 g/mol. The second-order valence-corrected chi connectivity index (χ2v) is 10.2. The van der Waals surface area contributed by atoms with Crippen molar-refractivity contribution in [2.45, 2.75) is 56.0 Å². The van der Waals surface area contributed by atoms with E-state index in [1.165, 1.54) is 18.2 Å². The molecule has 4 N–H and O–H groups in total. The first kappa shape index (κ1) is 29.0. The average molecular weight is 552 g/mol. The number of hydrogen-bond donors (Lipinski definition) is 4. The molecule has 0 spiro atoms. The molecule has 2 aliphatic rings. The van der Waals surface area contributed by atoms with Gasteiger partial charge in [0.15, 0.2) is 0 Å². The van der Waals surface area contributed by atoms with E-state index in [1.54, 1.807) is 12.1 Å². The van der Waals surface area contributed by atoms with Gasteiger partial charge < -0.3 is 25.8 Å². The van der Waals surface area contributed by atoms with E-state index in [-0.39, 0.29) is 23.4 Å². The van der Waals surface area contributed by atoms with Crippen LogP contribution in [0.5, 0.6) is 0 Å². The molecule has 0 bridgehead atoms. The number of nitrogens with one attached hydrogen (secondary N) is 3. The molecule has 1 aliphatic heterocycles. The van der Waals surface area contributed by atoms with Crippen LogP contribution in [0.15, 0.2) is 48.5 Å². The van der Waals surface area contributed by atoms with E-state index in [4.69, 9.17) is 4.74 Å². The van der Waals surface area contributed by atoms with Crippen LogP contribution in [0.4, 0.5) is 17.6 Å². The molecule has 0 radical (unpaired) electrons. The third kappa shape index (κ3) is 6.42. The lowest BCUT2D eigenvalue weighted by molar-refractivity contribution is -0.137. The van der Waals surface area contributed by atoms with E-state index in [0.717, 1.165) is 18.2 Å². The number of rotatable bonds is 8. The summed E-state index contributed by atoms with van der Waals surface area (Å²) in [6.45, 7) is 2.77. The summed E-state index contributed by atoms with van der Waals surface area (Å²) < 4.78 is 58.4. The summed E-state index contributed by atoms with van der Waals surface area (Å²) in [5.74, 6) is -1.73. The Morgan fingerprint density at radius 1 is 1.13 bits per heavy atom. The SMILES string of the molecule is CCO[C@H]1CNC[C@@]1(NC(=O)CNC(=O)c1cccc(C(F)(F)F)c1)C1CCC(O)(c2ccc(F)cc2)CC1. The van der Waals surface area contributed by atoms with Gasteiger partial charge in [0.05, 0.1) is 29.4 Å². The molecule has 39 heavy (non-hydrogen) atoms. The summed E-state index contributed by atoms with van der Waals surface area (Å²) in [7, 11) is 0. The summed E-state index contributed by atoms with van der Waals surface area (Å²) >= 11 is 0. The Bertz CT molecular complexity index is 1170. The van der Waals surface area contributed by atoms with E-state index in [2.05, 4.69) is 16.0 Å². The van der Waals surface area contributed by atoms with Crippen molar-refractivity contribution in [3.8, 4) is 0 Å². The van der Waals surface area contributed by atoms with Gasteiger partial charge in [-0.1, -0.05) is 18.2 Å². The summed E-state index contributed by atoms with van der Waals surface area (Å²) in [6, 6.07) is 9.81. The molecule has 1 heterocycles. The van der Waals surface area contributed by atoms with Crippen molar-refractivity contribution >= 4 is 11.8 Å². The number of ether oxygens (including phenoxy) is 1. The lowest BCUT2D eigenvalue weighted by Crippen LogP contribution is -2.64. The maximum Gasteiger partial charge on any atom is 0.416 e. The van der Waals surface area contributed by atoms with E-state index < -0.39 is 41.2 Å². The fourth-order valence-corrected chi connectivity index (χ4v) is 5.81. The molecule has 2 atom stereocenters. The number of benzene rings is 2. The molecule has 2 aromatic rings. The van der Waals surface area contributed by atoms with E-state index in [0.29, 0.717) is 50.9 Å². The smallest absolute Gasteiger partial charge is 0.385 e. The standard InChI is InChI=1S/C28H33F4N3O4/c1-2-39-23-15-33-17-27(23,20-10-12-26(38,13-11-20)19-6-8-22(29)9-7-19)35-24(36)16-34-25(37)18-4-3-5-21(14-18)28(30,31)32/h3-9,14,20,23,33,38H,2,10-13,15-17H2,1H3,(H,34,37)(H,35,36)/t20?,23-,26?,27+/m0/s1. The predicted molar refractivity (Wildman–Crippen MR) is 135 cm³/mol. The van der Waals surface area contributed by atoms with Crippen molar-refractivity contribution in [2.24, 2.45) is 5.92 Å². The molecule has 4 rings (SSSR count).